The molecule has 1 fully saturated rings. The van der Waals surface area contributed by atoms with Crippen LogP contribution in [0.2, 0.25) is 0 Å². The van der Waals surface area contributed by atoms with Crippen molar-refractivity contribution in [3.8, 4) is 28.2 Å². The zero-order valence-corrected chi connectivity index (χ0v) is 73.1. The van der Waals surface area contributed by atoms with Gasteiger partial charge in [0.15, 0.2) is 40.1 Å². The molecule has 41 nitrogen and oxygen atoms in total. The first kappa shape index (κ1) is 103. The number of primary amides is 1. The Bertz CT molecular complexity index is 5240. The Morgan fingerprint density at radius 3 is 1.53 bits per heavy atom. The number of hydrogen-bond acceptors (Lipinski definition) is 28. The lowest BCUT2D eigenvalue weighted by Crippen LogP contribution is -2.49. The van der Waals surface area contributed by atoms with Crippen molar-refractivity contribution < 1.29 is 131 Å². The van der Waals surface area contributed by atoms with E-state index in [1.165, 1.54) is 142 Å². The number of carbonyl (C=O) groups is 20. The number of amides is 10. The normalized spacial score (nSPS) is 16.1. The summed E-state index contributed by atoms with van der Waals surface area (Å²) in [5.41, 5.74) is 5.89. The van der Waals surface area contributed by atoms with E-state index in [-0.39, 0.29) is 94.9 Å². The van der Waals surface area contributed by atoms with Crippen molar-refractivity contribution in [2.24, 2.45) is 47.2 Å². The van der Waals surface area contributed by atoms with Crippen molar-refractivity contribution in [1.29, 1.82) is 0 Å². The van der Waals surface area contributed by atoms with E-state index in [1.807, 2.05) is 0 Å². The van der Waals surface area contributed by atoms with Crippen LogP contribution in [0.1, 0.15) is 171 Å². The number of phenolic OH excluding ortho intramolecular Hbond substituents is 1. The molecule has 7 rings (SSSR count). The molecule has 0 radical (unpaired) electrons. The summed E-state index contributed by atoms with van der Waals surface area (Å²) in [4.78, 5) is 295. The van der Waals surface area contributed by atoms with Gasteiger partial charge in [-0.25, -0.2) is 14.8 Å². The number of imidazole rings is 2. The van der Waals surface area contributed by atoms with Crippen molar-refractivity contribution in [2.75, 3.05) is 18.8 Å². The van der Waals surface area contributed by atoms with Gasteiger partial charge in [-0.1, -0.05) is 13.8 Å². The summed E-state index contributed by atoms with van der Waals surface area (Å²) in [6, 6.07) is 3.15. The van der Waals surface area contributed by atoms with Crippen molar-refractivity contribution in [3.63, 3.8) is 0 Å². The van der Waals surface area contributed by atoms with E-state index in [9.17, 15) is 131 Å². The predicted molar refractivity (Wildman–Crippen MR) is 457 cm³/mol. The van der Waals surface area contributed by atoms with Crippen LogP contribution in [0.4, 0.5) is 0 Å². The molecule has 10 amide bonds. The lowest BCUT2D eigenvalue weighted by molar-refractivity contribution is -0.139. The van der Waals surface area contributed by atoms with Gasteiger partial charge in [-0.15, -0.1) is 11.8 Å². The van der Waals surface area contributed by atoms with Gasteiger partial charge in [-0.2, -0.15) is 0 Å². The van der Waals surface area contributed by atoms with E-state index >= 15 is 0 Å². The highest BCUT2D eigenvalue weighted by Crippen LogP contribution is 2.43. The van der Waals surface area contributed by atoms with Crippen molar-refractivity contribution >= 4 is 140 Å². The molecule has 2 aromatic heterocycles. The van der Waals surface area contributed by atoms with Crippen LogP contribution in [0, 0.1) is 41.4 Å². The molecular formula is C87H107N13O28S. The van der Waals surface area contributed by atoms with Crippen LogP contribution in [-0.2, 0) is 99.1 Å². The van der Waals surface area contributed by atoms with E-state index in [1.54, 1.807) is 0 Å². The number of benzene rings is 3. The number of hydrogen-bond donors (Lipinski definition) is 16. The number of aliphatic hydroxyl groups is 2. The number of aromatic amines is 2. The molecule has 4 heterocycles. The van der Waals surface area contributed by atoms with E-state index in [0.717, 1.165) is 16.7 Å². The van der Waals surface area contributed by atoms with Gasteiger partial charge in [-0.05, 0) is 109 Å². The molecule has 16 atom stereocenters. The highest BCUT2D eigenvalue weighted by Gasteiger charge is 2.42. The van der Waals surface area contributed by atoms with Crippen LogP contribution in [0.15, 0.2) is 88.9 Å². The summed E-state index contributed by atoms with van der Waals surface area (Å²) in [5.74, 6) is -27.7. The summed E-state index contributed by atoms with van der Waals surface area (Å²) in [5, 5.41) is 77.5. The van der Waals surface area contributed by atoms with Gasteiger partial charge >= 0.3 is 17.9 Å². The molecule has 0 spiro atoms. The summed E-state index contributed by atoms with van der Waals surface area (Å²) in [6.07, 6.45) is -4.31. The number of nitrogens with zero attached hydrogens (tertiary/aromatic N) is 3. The Balaban J connectivity index is 1.01. The number of likely N-dealkylation sites (tertiary alicyclic amines) is 1. The molecule has 2 aromatic carbocycles. The average molecular weight is 1810 g/mol. The molecule has 0 saturated carbocycles. The number of thioether (sulfide) groups is 1. The zero-order valence-electron chi connectivity index (χ0n) is 72.3. The number of aromatic nitrogens is 4. The third-order valence-electron chi connectivity index (χ3n) is 22.1. The Labute approximate surface area is 742 Å². The Morgan fingerprint density at radius 1 is 0.543 bits per heavy atom. The number of imide groups is 1. The average Bonchev–Trinajstić information content (AvgIpc) is 1.53. The number of Topliss-reactive ketones (excluding diaryl/α,β-unsaturated/α-hetero) is 7. The lowest BCUT2D eigenvalue weighted by Gasteiger charge is -2.25. The maximum atomic E-state index is 14.6. The van der Waals surface area contributed by atoms with Gasteiger partial charge in [0.25, 0.3) is 5.91 Å². The predicted octanol–water partition coefficient (Wildman–Crippen LogP) is 1.54. The van der Waals surface area contributed by atoms with Crippen LogP contribution >= 0.6 is 11.8 Å². The number of aliphatic hydroxyl groups excluding tert-OH is 2. The monoisotopic (exact) mass is 1810 g/mol. The highest BCUT2D eigenvalue weighted by atomic mass is 32.2. The summed E-state index contributed by atoms with van der Waals surface area (Å²) >= 11 is 0.778. The number of nitrogens with two attached hydrogens (primary N) is 1. The minimum atomic E-state index is -1.54. The number of ketones is 7. The first-order valence-corrected chi connectivity index (χ1v) is 42.6. The Kier molecular flexibility index (Phi) is 37.8. The molecule has 0 bridgehead atoms. The first-order chi connectivity index (χ1) is 60.7. The van der Waals surface area contributed by atoms with Crippen LogP contribution < -0.4 is 48.4 Å². The van der Waals surface area contributed by atoms with E-state index in [2.05, 4.69) is 57.2 Å². The van der Waals surface area contributed by atoms with Crippen molar-refractivity contribution in [2.45, 2.75) is 206 Å². The first-order valence-electron chi connectivity index (χ1n) is 41.6. The zero-order chi connectivity index (χ0) is 95.7. The van der Waals surface area contributed by atoms with E-state index in [0.29, 0.717) is 5.39 Å². The standard InChI is InChI=1S/C87H107N13O28S/c1-40(80(119)95-46(7)68(109)32-60(47(8)102)85(124)99-63(28-53-35-89-38-92-53)69(110)26-49(78(88)117)11-18-75(113)114)22-65(106)43(4)96-83(122)52(37-129-73-34-74(112)100(86(73)125)21-20-91-81(120)51-10-15-57(87(126)127)62(25-51)77-58-16-13-55(104)30-71(58)128-72-31-56(105)14-17-59(72)77)27-67(108)45(6)94-79(118)41(2)23-66(107)44(5)97-84(123)61(48(9)103)33-70(111)64(29-54-36-90-39-93-54)98-82(121)50(24-42(3)101)12-19-76(115)116/h10,13-17,25,30-31,35-36,38-41,43-50,52,60-61,63-64,73,102-104H,11-12,18-24,26-29,32-34,37H2,1-9H3,(H2,88,117)(H,89,92)(H,90,93)(H,91,120)(H,94,118)(H,95,119)(H,96,122)(H,97,123)(H,98,121)(H,99,124)(H,113,114)(H,115,116)(H,126,127)/t40-,41-,43+,44+,45+,46+,47+,48-,49+,50-,52+,60-,61+,63-,64+,73?/m0/s1. The minimum absolute atomic E-state index is 0.0191. The van der Waals surface area contributed by atoms with Crippen LogP contribution in [0.25, 0.3) is 33.4 Å². The fourth-order valence-electron chi connectivity index (χ4n) is 14.3. The maximum Gasteiger partial charge on any atom is 0.336 e. The summed E-state index contributed by atoms with van der Waals surface area (Å²) < 4.78 is 5.92. The molecular weight excluding hydrogens is 1710 g/mol. The fraction of sp³-hybridized carbons (Fsp3) is 0.483. The topological polar surface area (TPSA) is 664 Å². The van der Waals surface area contributed by atoms with E-state index < -0.39 is 288 Å². The van der Waals surface area contributed by atoms with Crippen LogP contribution in [-0.4, -0.2) is 245 Å². The molecule has 2 aliphatic heterocycles. The third-order valence-corrected chi connectivity index (χ3v) is 23.4. The molecule has 4 aromatic rings. The number of nitrogens with one attached hydrogen (secondary N) is 9. The second-order valence-electron chi connectivity index (χ2n) is 32.4. The number of aromatic hydroxyl groups is 1. The molecule has 1 unspecified atom stereocenters. The highest BCUT2D eigenvalue weighted by molar-refractivity contribution is 8.00. The molecule has 694 valence electrons. The van der Waals surface area contributed by atoms with Gasteiger partial charge in [0.2, 0.25) is 53.2 Å². The number of aliphatic carboxylic acids is 2. The SMILES string of the molecule is CC(=O)C[C@H](CCC(=O)O)C(=O)N[C@H](Cc1c[nH]cn1)C(=O)C[C@@H](C(=O)N[C@H](C)C(=O)C[C@H](C)C(=O)N[C@H](C)C(=O)C[C@H](CSC1CC(=O)N(CCNC(=O)c2ccc(C(=O)O)c(-c3c4ccc(=O)cc-4oc4cc(O)ccc34)c2)C1=O)C(=O)N[C@H](C)C(=O)C[C@H](C)C(=O)N[C@H](C)C(=O)C[C@H](C(=O)N[C@@H](Cc1c[nH]cn1)C(=O)C[C@@H](CCC(=O)O)C(N)=O)[C@@H](C)O)[C@H](C)O. The number of phenols is 1. The molecule has 3 aliphatic rings. The van der Waals surface area contributed by atoms with Gasteiger partial charge in [0, 0.05) is 166 Å². The van der Waals surface area contributed by atoms with Crippen LogP contribution in [0.3, 0.4) is 0 Å². The van der Waals surface area contributed by atoms with Crippen LogP contribution in [0.5, 0.6) is 5.75 Å². The molecule has 1 saturated heterocycles. The van der Waals surface area contributed by atoms with Crippen molar-refractivity contribution in [1.82, 2.24) is 62.1 Å². The van der Waals surface area contributed by atoms with E-state index in [4.69, 9.17) is 10.2 Å². The number of aromatic carboxylic acids is 1. The Hall–Kier alpha value is -13.4. The number of fused-ring (bicyclic) bond motifs is 2. The number of carbonyl (C=O) groups excluding carboxylic acids is 17. The second kappa shape index (κ2) is 47.4. The lowest BCUT2D eigenvalue weighted by atomic mass is 9.89. The minimum Gasteiger partial charge on any atom is -0.508 e. The molecule has 17 N–H and O–H groups in total. The summed E-state index contributed by atoms with van der Waals surface area (Å²) in [7, 11) is 0. The molecule has 42 heteroatoms. The Morgan fingerprint density at radius 2 is 1.02 bits per heavy atom. The second-order valence-corrected chi connectivity index (χ2v) is 33.6. The number of rotatable bonds is 54. The summed E-state index contributed by atoms with van der Waals surface area (Å²) in [6.45, 7) is 10.5. The smallest absolute Gasteiger partial charge is 0.336 e. The number of H-pyrrole nitrogens is 2. The third kappa shape index (κ3) is 29.9. The largest absolute Gasteiger partial charge is 0.508 e. The quantitative estimate of drug-likeness (QED) is 0.0190. The number of carboxylic acids is 3. The van der Waals surface area contributed by atoms with Gasteiger partial charge in [0.05, 0.1) is 101 Å². The fourth-order valence-corrected chi connectivity index (χ4v) is 15.6. The number of carboxylic acid groups (broad SMARTS) is 3. The van der Waals surface area contributed by atoms with Gasteiger partial charge in [0.1, 0.15) is 22.9 Å². The maximum absolute atomic E-state index is 14.6. The molecule has 1 aliphatic carbocycles. The van der Waals surface area contributed by atoms with Gasteiger partial charge in [-0.3, -0.25) is 96.0 Å². The van der Waals surface area contributed by atoms with Gasteiger partial charge < -0.3 is 92.8 Å². The van der Waals surface area contributed by atoms with Crippen molar-refractivity contribution in [3.05, 3.63) is 112 Å². The molecule has 129 heavy (non-hydrogen) atoms.